The number of nitrogens with zero attached hydrogens (tertiary/aromatic N) is 1. The summed E-state index contributed by atoms with van der Waals surface area (Å²) in [5.74, 6) is 0.746. The summed E-state index contributed by atoms with van der Waals surface area (Å²) in [5.41, 5.74) is 1.06. The summed E-state index contributed by atoms with van der Waals surface area (Å²) >= 11 is 0. The molecule has 1 aliphatic rings. The molecule has 0 bridgehead atoms. The number of benzene rings is 1. The minimum absolute atomic E-state index is 0.0756. The molecule has 27 heavy (non-hydrogen) atoms. The second kappa shape index (κ2) is 7.73. The van der Waals surface area contributed by atoms with Crippen molar-refractivity contribution in [2.24, 2.45) is 5.92 Å². The molecular weight excluding hydrogens is 350 g/mol. The quantitative estimate of drug-likeness (QED) is 0.837. The summed E-state index contributed by atoms with van der Waals surface area (Å²) < 4.78 is 16.9. The monoisotopic (exact) mass is 373 g/mol. The SMILES string of the molecule is CCOc1cccc2c1OCC(C(=O)N(C)Cc1cc(C(=O)O)c(C)o1)C2. The number of carboxylic acids is 1. The molecule has 0 saturated carbocycles. The summed E-state index contributed by atoms with van der Waals surface area (Å²) in [6.07, 6.45) is 0.566. The van der Waals surface area contributed by atoms with E-state index < -0.39 is 5.97 Å². The van der Waals surface area contributed by atoms with E-state index >= 15 is 0 Å². The van der Waals surface area contributed by atoms with Gasteiger partial charge in [0.15, 0.2) is 11.5 Å². The largest absolute Gasteiger partial charge is 0.490 e. The smallest absolute Gasteiger partial charge is 0.339 e. The third-order valence-corrected chi connectivity index (χ3v) is 4.57. The van der Waals surface area contributed by atoms with Crippen LogP contribution in [0.2, 0.25) is 0 Å². The molecule has 144 valence electrons. The van der Waals surface area contributed by atoms with Crippen LogP contribution in [0.15, 0.2) is 28.7 Å². The van der Waals surface area contributed by atoms with Crippen molar-refractivity contribution in [3.8, 4) is 11.5 Å². The molecule has 1 amide bonds. The zero-order valence-corrected chi connectivity index (χ0v) is 15.7. The molecule has 1 N–H and O–H groups in total. The molecule has 0 fully saturated rings. The first-order valence-corrected chi connectivity index (χ1v) is 8.85. The molecule has 7 nitrogen and oxygen atoms in total. The van der Waals surface area contributed by atoms with Crippen LogP contribution in [0.1, 0.15) is 34.4 Å². The third-order valence-electron chi connectivity index (χ3n) is 4.57. The Bertz CT molecular complexity index is 856. The topological polar surface area (TPSA) is 89.2 Å². The van der Waals surface area contributed by atoms with E-state index in [1.807, 2.05) is 25.1 Å². The number of hydrogen-bond donors (Lipinski definition) is 1. The first kappa shape index (κ1) is 18.8. The lowest BCUT2D eigenvalue weighted by Crippen LogP contribution is -2.38. The van der Waals surface area contributed by atoms with Crippen molar-refractivity contribution in [2.45, 2.75) is 26.8 Å². The average molecular weight is 373 g/mol. The van der Waals surface area contributed by atoms with Crippen molar-refractivity contribution in [3.05, 3.63) is 46.9 Å². The van der Waals surface area contributed by atoms with Gasteiger partial charge < -0.3 is 23.9 Å². The molecule has 0 radical (unpaired) electrons. The third kappa shape index (κ3) is 3.92. The number of furan rings is 1. The van der Waals surface area contributed by atoms with Crippen LogP contribution in [-0.4, -0.2) is 42.1 Å². The first-order valence-electron chi connectivity index (χ1n) is 8.85. The molecule has 2 aromatic rings. The maximum absolute atomic E-state index is 12.8. The van der Waals surface area contributed by atoms with Crippen LogP contribution in [0.4, 0.5) is 0 Å². The summed E-state index contributed by atoms with van der Waals surface area (Å²) in [4.78, 5) is 25.5. The fourth-order valence-electron chi connectivity index (χ4n) is 3.28. The number of aromatic carboxylic acids is 1. The van der Waals surface area contributed by atoms with Gasteiger partial charge in [0.2, 0.25) is 5.91 Å². The van der Waals surface area contributed by atoms with Crippen molar-refractivity contribution in [1.82, 2.24) is 4.90 Å². The molecule has 3 rings (SSSR count). The van der Waals surface area contributed by atoms with Gasteiger partial charge in [-0.3, -0.25) is 4.79 Å². The predicted molar refractivity (Wildman–Crippen MR) is 97.2 cm³/mol. The Hall–Kier alpha value is -2.96. The molecule has 2 heterocycles. The van der Waals surface area contributed by atoms with Crippen LogP contribution in [0.3, 0.4) is 0 Å². The van der Waals surface area contributed by atoms with Crippen LogP contribution in [0, 0.1) is 12.8 Å². The summed E-state index contributed by atoms with van der Waals surface area (Å²) in [7, 11) is 1.67. The second-order valence-electron chi connectivity index (χ2n) is 6.57. The molecule has 0 aliphatic carbocycles. The van der Waals surface area contributed by atoms with Crippen LogP contribution < -0.4 is 9.47 Å². The molecule has 1 aliphatic heterocycles. The molecule has 0 spiro atoms. The maximum atomic E-state index is 12.8. The first-order chi connectivity index (χ1) is 12.9. The minimum atomic E-state index is -1.04. The number of carbonyl (C=O) groups is 2. The molecule has 1 unspecified atom stereocenters. The lowest BCUT2D eigenvalue weighted by Gasteiger charge is -2.28. The number of amides is 1. The summed E-state index contributed by atoms with van der Waals surface area (Å²) in [5, 5.41) is 9.11. The minimum Gasteiger partial charge on any atom is -0.490 e. The zero-order chi connectivity index (χ0) is 19.6. The molecule has 0 saturated heterocycles. The van der Waals surface area contributed by atoms with Gasteiger partial charge in [0.1, 0.15) is 23.7 Å². The Kier molecular flexibility index (Phi) is 5.39. The number of ether oxygens (including phenoxy) is 2. The van der Waals surface area contributed by atoms with E-state index in [1.54, 1.807) is 14.0 Å². The Balaban J connectivity index is 1.68. The van der Waals surface area contributed by atoms with E-state index in [4.69, 9.17) is 19.0 Å². The fourth-order valence-corrected chi connectivity index (χ4v) is 3.28. The van der Waals surface area contributed by atoms with Crippen molar-refractivity contribution in [3.63, 3.8) is 0 Å². The summed E-state index contributed by atoms with van der Waals surface area (Å²) in [6.45, 7) is 4.53. The fraction of sp³-hybridized carbons (Fsp3) is 0.400. The highest BCUT2D eigenvalue weighted by Crippen LogP contribution is 2.36. The van der Waals surface area contributed by atoms with Crippen LogP contribution in [0.25, 0.3) is 0 Å². The Labute approximate surface area is 157 Å². The predicted octanol–water partition coefficient (Wildman–Crippen LogP) is 2.89. The van der Waals surface area contributed by atoms with Crippen LogP contribution in [-0.2, 0) is 17.8 Å². The second-order valence-corrected chi connectivity index (χ2v) is 6.57. The number of carboxylic acid groups (broad SMARTS) is 1. The van der Waals surface area contributed by atoms with Gasteiger partial charge in [0, 0.05) is 7.05 Å². The van der Waals surface area contributed by atoms with E-state index in [9.17, 15) is 9.59 Å². The van der Waals surface area contributed by atoms with E-state index in [0.29, 0.717) is 36.0 Å². The van der Waals surface area contributed by atoms with E-state index in [-0.39, 0.29) is 30.5 Å². The lowest BCUT2D eigenvalue weighted by molar-refractivity contribution is -0.136. The van der Waals surface area contributed by atoms with Crippen molar-refractivity contribution in [2.75, 3.05) is 20.3 Å². The van der Waals surface area contributed by atoms with Crippen LogP contribution in [0.5, 0.6) is 11.5 Å². The van der Waals surface area contributed by atoms with Gasteiger partial charge >= 0.3 is 5.97 Å². The molecule has 1 aromatic heterocycles. The molecule has 7 heteroatoms. The Morgan fingerprint density at radius 3 is 2.81 bits per heavy atom. The molecular formula is C20H23NO6. The number of carbonyl (C=O) groups excluding carboxylic acids is 1. The Morgan fingerprint density at radius 2 is 2.15 bits per heavy atom. The van der Waals surface area contributed by atoms with Crippen molar-refractivity contribution in [1.29, 1.82) is 0 Å². The van der Waals surface area contributed by atoms with Gasteiger partial charge in [-0.05, 0) is 38.0 Å². The van der Waals surface area contributed by atoms with Crippen molar-refractivity contribution < 1.29 is 28.6 Å². The number of para-hydroxylation sites is 1. The number of aryl methyl sites for hydroxylation is 1. The van der Waals surface area contributed by atoms with E-state index in [1.165, 1.54) is 11.0 Å². The van der Waals surface area contributed by atoms with E-state index in [2.05, 4.69) is 0 Å². The number of hydrogen-bond acceptors (Lipinski definition) is 5. The highest BCUT2D eigenvalue weighted by Gasteiger charge is 2.30. The molecule has 1 atom stereocenters. The van der Waals surface area contributed by atoms with E-state index in [0.717, 1.165) is 5.56 Å². The standard InChI is InChI=1S/C20H23NO6/c1-4-25-17-7-5-6-13-8-14(11-26-18(13)17)19(22)21(3)10-15-9-16(20(23)24)12(2)27-15/h5-7,9,14H,4,8,10-11H2,1-3H3,(H,23,24). The van der Waals surface area contributed by atoms with Gasteiger partial charge in [-0.15, -0.1) is 0 Å². The lowest BCUT2D eigenvalue weighted by atomic mass is 9.95. The van der Waals surface area contributed by atoms with Gasteiger partial charge in [-0.1, -0.05) is 12.1 Å². The highest BCUT2D eigenvalue weighted by atomic mass is 16.5. The normalized spacial score (nSPS) is 15.6. The summed E-state index contributed by atoms with van der Waals surface area (Å²) in [6, 6.07) is 7.15. The average Bonchev–Trinajstić information content (AvgIpc) is 3.01. The van der Waals surface area contributed by atoms with Crippen molar-refractivity contribution >= 4 is 11.9 Å². The van der Waals surface area contributed by atoms with Gasteiger partial charge in [-0.25, -0.2) is 4.79 Å². The molecule has 1 aromatic carbocycles. The van der Waals surface area contributed by atoms with Gasteiger partial charge in [0.25, 0.3) is 0 Å². The number of rotatable bonds is 6. The van der Waals surface area contributed by atoms with Gasteiger partial charge in [0.05, 0.1) is 19.1 Å². The van der Waals surface area contributed by atoms with Crippen LogP contribution >= 0.6 is 0 Å². The Morgan fingerprint density at radius 1 is 1.37 bits per heavy atom. The number of fused-ring (bicyclic) bond motifs is 1. The highest BCUT2D eigenvalue weighted by molar-refractivity contribution is 5.88. The maximum Gasteiger partial charge on any atom is 0.339 e. The van der Waals surface area contributed by atoms with Gasteiger partial charge in [-0.2, -0.15) is 0 Å². The zero-order valence-electron chi connectivity index (χ0n) is 15.7.